The minimum atomic E-state index is 0.0726. The van der Waals surface area contributed by atoms with Crippen molar-refractivity contribution in [2.45, 2.75) is 13.5 Å². The Hall–Kier alpha value is -2.17. The number of hydrazine groups is 1. The lowest BCUT2D eigenvalue weighted by atomic mass is 10.1. The molecule has 24 heavy (non-hydrogen) atoms. The number of piperazine rings is 1. The Morgan fingerprint density at radius 1 is 0.958 bits per heavy atom. The summed E-state index contributed by atoms with van der Waals surface area (Å²) in [5.41, 5.74) is 3.06. The second-order valence-corrected chi connectivity index (χ2v) is 6.47. The number of likely N-dealkylation sites (N-methyl/N-ethyl adjacent to an activating group) is 1. The van der Waals surface area contributed by atoms with E-state index >= 15 is 0 Å². The van der Waals surface area contributed by atoms with Gasteiger partial charge in [-0.3, -0.25) is 9.80 Å². The molecule has 0 N–H and O–H groups in total. The molecule has 0 unspecified atom stereocenters. The second kappa shape index (κ2) is 7.60. The highest BCUT2D eigenvalue weighted by Gasteiger charge is 2.25. The van der Waals surface area contributed by atoms with Gasteiger partial charge in [0.05, 0.1) is 6.54 Å². The summed E-state index contributed by atoms with van der Waals surface area (Å²) in [7, 11) is 2.13. The second-order valence-electron chi connectivity index (χ2n) is 6.47. The quantitative estimate of drug-likeness (QED) is 0.866. The van der Waals surface area contributed by atoms with Gasteiger partial charge in [-0.25, -0.2) is 5.01 Å². The molecule has 0 radical (unpaired) electrons. The topological polar surface area (TPSA) is 26.8 Å². The van der Waals surface area contributed by atoms with Crippen LogP contribution >= 0.6 is 0 Å². The van der Waals surface area contributed by atoms with Crippen LogP contribution in [0.25, 0.3) is 0 Å². The Kier molecular flexibility index (Phi) is 5.28. The highest BCUT2D eigenvalue weighted by atomic mass is 16.2. The molecule has 1 aliphatic heterocycles. The SMILES string of the molecule is Cc1ccc(C(=O)N(Cc2ccccc2)N2CCN(C)CC2)cc1. The van der Waals surface area contributed by atoms with Gasteiger partial charge in [-0.2, -0.15) is 0 Å². The maximum absolute atomic E-state index is 13.1. The van der Waals surface area contributed by atoms with E-state index in [0.29, 0.717) is 6.54 Å². The number of hydrogen-bond acceptors (Lipinski definition) is 3. The van der Waals surface area contributed by atoms with Crippen LogP contribution in [-0.4, -0.2) is 54.1 Å². The summed E-state index contributed by atoms with van der Waals surface area (Å²) >= 11 is 0. The fourth-order valence-corrected chi connectivity index (χ4v) is 2.94. The van der Waals surface area contributed by atoms with Gasteiger partial charge in [0.15, 0.2) is 0 Å². The zero-order valence-electron chi connectivity index (χ0n) is 14.5. The predicted octanol–water partition coefficient (Wildman–Crippen LogP) is 2.80. The Morgan fingerprint density at radius 3 is 2.21 bits per heavy atom. The van der Waals surface area contributed by atoms with E-state index in [-0.39, 0.29) is 5.91 Å². The van der Waals surface area contributed by atoms with Crippen LogP contribution in [0.2, 0.25) is 0 Å². The first kappa shape index (κ1) is 16.7. The highest BCUT2D eigenvalue weighted by molar-refractivity contribution is 5.93. The Morgan fingerprint density at radius 2 is 1.58 bits per heavy atom. The molecule has 0 spiro atoms. The van der Waals surface area contributed by atoms with E-state index in [0.717, 1.165) is 37.3 Å². The number of amides is 1. The van der Waals surface area contributed by atoms with Crippen molar-refractivity contribution in [2.24, 2.45) is 0 Å². The third-order valence-electron chi connectivity index (χ3n) is 4.53. The van der Waals surface area contributed by atoms with Crippen LogP contribution in [0.5, 0.6) is 0 Å². The first-order valence-electron chi connectivity index (χ1n) is 8.49. The van der Waals surface area contributed by atoms with Gasteiger partial charge in [-0.15, -0.1) is 0 Å². The molecule has 2 aromatic rings. The molecule has 0 aromatic heterocycles. The van der Waals surface area contributed by atoms with Crippen molar-refractivity contribution in [3.8, 4) is 0 Å². The minimum absolute atomic E-state index is 0.0726. The third kappa shape index (κ3) is 4.02. The van der Waals surface area contributed by atoms with Gasteiger partial charge in [-0.05, 0) is 31.7 Å². The molecule has 1 aliphatic rings. The van der Waals surface area contributed by atoms with E-state index in [2.05, 4.69) is 29.1 Å². The van der Waals surface area contributed by atoms with Crippen molar-refractivity contribution in [2.75, 3.05) is 33.2 Å². The predicted molar refractivity (Wildman–Crippen MR) is 96.6 cm³/mol. The standard InChI is InChI=1S/C20H25N3O/c1-17-8-10-19(11-9-17)20(24)23(16-18-6-4-3-5-7-18)22-14-12-21(2)13-15-22/h3-11H,12-16H2,1-2H3. The summed E-state index contributed by atoms with van der Waals surface area (Å²) in [6, 6.07) is 18.0. The number of carbonyl (C=O) groups is 1. The van der Waals surface area contributed by atoms with Gasteiger partial charge in [-0.1, -0.05) is 48.0 Å². The molecular weight excluding hydrogens is 298 g/mol. The van der Waals surface area contributed by atoms with Gasteiger partial charge in [0.1, 0.15) is 0 Å². The van der Waals surface area contributed by atoms with Crippen LogP contribution in [0.3, 0.4) is 0 Å². The maximum Gasteiger partial charge on any atom is 0.268 e. The van der Waals surface area contributed by atoms with E-state index in [1.165, 1.54) is 5.56 Å². The van der Waals surface area contributed by atoms with Crippen LogP contribution in [0, 0.1) is 6.92 Å². The van der Waals surface area contributed by atoms with Gasteiger partial charge in [0.2, 0.25) is 0 Å². The van der Waals surface area contributed by atoms with Gasteiger partial charge >= 0.3 is 0 Å². The molecule has 0 atom stereocenters. The number of hydrogen-bond donors (Lipinski definition) is 0. The molecule has 126 valence electrons. The fraction of sp³-hybridized carbons (Fsp3) is 0.350. The molecule has 4 nitrogen and oxygen atoms in total. The first-order chi connectivity index (χ1) is 11.6. The van der Waals surface area contributed by atoms with Gasteiger partial charge < -0.3 is 4.90 Å². The highest BCUT2D eigenvalue weighted by Crippen LogP contribution is 2.15. The van der Waals surface area contributed by atoms with Crippen molar-refractivity contribution in [3.63, 3.8) is 0 Å². The van der Waals surface area contributed by atoms with Crippen molar-refractivity contribution < 1.29 is 4.79 Å². The lowest BCUT2D eigenvalue weighted by Crippen LogP contribution is -2.54. The lowest BCUT2D eigenvalue weighted by Gasteiger charge is -2.40. The van der Waals surface area contributed by atoms with E-state index in [9.17, 15) is 4.79 Å². The van der Waals surface area contributed by atoms with Crippen molar-refractivity contribution >= 4 is 5.91 Å². The van der Waals surface area contributed by atoms with Crippen LogP contribution < -0.4 is 0 Å². The van der Waals surface area contributed by atoms with Gasteiger partial charge in [0.25, 0.3) is 5.91 Å². The van der Waals surface area contributed by atoms with E-state index < -0.39 is 0 Å². The van der Waals surface area contributed by atoms with Crippen LogP contribution in [0.15, 0.2) is 54.6 Å². The molecule has 1 fully saturated rings. The summed E-state index contributed by atoms with van der Waals surface area (Å²) in [5, 5.41) is 4.10. The average Bonchev–Trinajstić information content (AvgIpc) is 2.62. The normalized spacial score (nSPS) is 16.1. The summed E-state index contributed by atoms with van der Waals surface area (Å²) in [5.74, 6) is 0.0726. The number of rotatable bonds is 4. The monoisotopic (exact) mass is 323 g/mol. The summed E-state index contributed by atoms with van der Waals surface area (Å²) in [6.07, 6.45) is 0. The summed E-state index contributed by atoms with van der Waals surface area (Å²) < 4.78 is 0. The number of carbonyl (C=O) groups excluding carboxylic acids is 1. The molecule has 4 heteroatoms. The van der Waals surface area contributed by atoms with Crippen LogP contribution in [0.4, 0.5) is 0 Å². The zero-order valence-corrected chi connectivity index (χ0v) is 14.5. The first-order valence-corrected chi connectivity index (χ1v) is 8.49. The van der Waals surface area contributed by atoms with Crippen molar-refractivity contribution in [1.29, 1.82) is 0 Å². The van der Waals surface area contributed by atoms with Crippen molar-refractivity contribution in [1.82, 2.24) is 14.9 Å². The third-order valence-corrected chi connectivity index (χ3v) is 4.53. The largest absolute Gasteiger partial charge is 0.304 e. The average molecular weight is 323 g/mol. The maximum atomic E-state index is 13.1. The molecule has 1 amide bonds. The van der Waals surface area contributed by atoms with E-state index in [1.54, 1.807) is 0 Å². The zero-order chi connectivity index (χ0) is 16.9. The lowest BCUT2D eigenvalue weighted by molar-refractivity contribution is -0.0389. The molecule has 0 aliphatic carbocycles. The number of aryl methyl sites for hydroxylation is 1. The molecule has 2 aromatic carbocycles. The van der Waals surface area contributed by atoms with Crippen molar-refractivity contribution in [3.05, 3.63) is 71.3 Å². The van der Waals surface area contributed by atoms with Crippen LogP contribution in [-0.2, 0) is 6.54 Å². The van der Waals surface area contributed by atoms with E-state index in [1.807, 2.05) is 54.4 Å². The summed E-state index contributed by atoms with van der Waals surface area (Å²) in [6.45, 7) is 6.36. The molecule has 1 saturated heterocycles. The molecule has 0 bridgehead atoms. The molecule has 3 rings (SSSR count). The molecule has 0 saturated carbocycles. The Bertz CT molecular complexity index is 661. The smallest absolute Gasteiger partial charge is 0.268 e. The van der Waals surface area contributed by atoms with Crippen LogP contribution in [0.1, 0.15) is 21.5 Å². The van der Waals surface area contributed by atoms with E-state index in [4.69, 9.17) is 0 Å². The number of nitrogens with zero attached hydrogens (tertiary/aromatic N) is 3. The fourth-order valence-electron chi connectivity index (χ4n) is 2.94. The Balaban J connectivity index is 1.83. The summed E-state index contributed by atoms with van der Waals surface area (Å²) in [4.78, 5) is 15.4. The molecular formula is C20H25N3O. The van der Waals surface area contributed by atoms with Gasteiger partial charge in [0, 0.05) is 31.7 Å². The number of benzene rings is 2. The Labute approximate surface area is 144 Å². The minimum Gasteiger partial charge on any atom is -0.304 e. The molecule has 1 heterocycles.